The van der Waals surface area contributed by atoms with E-state index in [0.29, 0.717) is 50.2 Å². The third-order valence-corrected chi connectivity index (χ3v) is 7.36. The van der Waals surface area contributed by atoms with Gasteiger partial charge in [0.15, 0.2) is 12.0 Å². The van der Waals surface area contributed by atoms with E-state index < -0.39 is 23.9 Å². The Morgan fingerprint density at radius 2 is 2.07 bits per heavy atom. The van der Waals surface area contributed by atoms with E-state index >= 15 is 0 Å². The Balaban J connectivity index is 1.21. The zero-order valence-corrected chi connectivity index (χ0v) is 26.3. The molecule has 4 heterocycles. The first-order chi connectivity index (χ1) is 21.7. The molecule has 2 amide bonds. The number of allylic oxidation sites excluding steroid dienone is 4. The lowest BCUT2D eigenvalue weighted by molar-refractivity contribution is 0.0518. The van der Waals surface area contributed by atoms with Gasteiger partial charge in [0.1, 0.15) is 18.0 Å². The molecule has 2 aromatic heterocycles. The minimum Gasteiger partial charge on any atom is -0.481 e. The lowest BCUT2D eigenvalue weighted by Crippen LogP contribution is -2.41. The number of aromatic nitrogens is 2. The maximum absolute atomic E-state index is 12.9. The number of cyclic esters (lactones) is 1. The van der Waals surface area contributed by atoms with Crippen molar-refractivity contribution in [3.8, 4) is 5.88 Å². The van der Waals surface area contributed by atoms with E-state index in [1.807, 2.05) is 45.1 Å². The molecular formula is C33H41N5O7. The standard InChI is InChI=1S/C33H41N5O7/c1-33(2,3)45-31(39)35-16-18-37(17-8-11-24-14-15-34-26-12-13-28(41-4)36-30(24)26)19-25-20-38(32(40)43-25)29-22-42-21-27(44-29)23-9-6-5-7-10-23/h5-6,9,12-15,21-22,25H,7-8,10-11,16-20H2,1-4H3,(H,35,39)/t25-/m1/s1. The van der Waals surface area contributed by atoms with Gasteiger partial charge >= 0.3 is 12.2 Å². The number of nitrogens with zero attached hydrogens (tertiary/aromatic N) is 4. The fourth-order valence-corrected chi connectivity index (χ4v) is 5.26. The third-order valence-electron chi connectivity index (χ3n) is 7.36. The van der Waals surface area contributed by atoms with Gasteiger partial charge in [0, 0.05) is 31.9 Å². The zero-order chi connectivity index (χ0) is 31.8. The van der Waals surface area contributed by atoms with Gasteiger partial charge in [0.2, 0.25) is 11.8 Å². The molecule has 1 aliphatic carbocycles. The van der Waals surface area contributed by atoms with Gasteiger partial charge in [-0.25, -0.2) is 19.5 Å². The minimum absolute atomic E-state index is 0.293. The van der Waals surface area contributed by atoms with Crippen molar-refractivity contribution >= 4 is 23.2 Å². The highest BCUT2D eigenvalue weighted by Gasteiger charge is 2.37. The summed E-state index contributed by atoms with van der Waals surface area (Å²) in [6.45, 7) is 7.83. The largest absolute Gasteiger partial charge is 0.481 e. The molecule has 0 spiro atoms. The number of fused-ring (bicyclic) bond motifs is 1. The normalized spacial score (nSPS) is 18.1. The van der Waals surface area contributed by atoms with Gasteiger partial charge in [0.25, 0.3) is 0 Å². The van der Waals surface area contributed by atoms with Crippen molar-refractivity contribution in [2.45, 2.75) is 58.2 Å². The summed E-state index contributed by atoms with van der Waals surface area (Å²) in [6.07, 6.45) is 12.7. The first kappa shape index (κ1) is 31.8. The summed E-state index contributed by atoms with van der Waals surface area (Å²) < 4.78 is 28.1. The van der Waals surface area contributed by atoms with Crippen molar-refractivity contribution in [3.05, 3.63) is 77.9 Å². The van der Waals surface area contributed by atoms with Crippen LogP contribution in [0, 0.1) is 0 Å². The summed E-state index contributed by atoms with van der Waals surface area (Å²) in [4.78, 5) is 37.9. The number of methoxy groups -OCH3 is 1. The molecule has 12 heteroatoms. The zero-order valence-electron chi connectivity index (χ0n) is 26.3. The molecule has 45 heavy (non-hydrogen) atoms. The van der Waals surface area contributed by atoms with Crippen molar-refractivity contribution in [2.24, 2.45) is 0 Å². The van der Waals surface area contributed by atoms with Crippen LogP contribution in [-0.2, 0) is 25.4 Å². The molecular weight excluding hydrogens is 578 g/mol. The van der Waals surface area contributed by atoms with Crippen LogP contribution in [0.2, 0.25) is 0 Å². The van der Waals surface area contributed by atoms with Crippen molar-refractivity contribution in [1.82, 2.24) is 25.1 Å². The average Bonchev–Trinajstić information content (AvgIpc) is 3.40. The van der Waals surface area contributed by atoms with Crippen LogP contribution < -0.4 is 10.1 Å². The lowest BCUT2D eigenvalue weighted by atomic mass is 10.0. The van der Waals surface area contributed by atoms with Gasteiger partial charge in [-0.2, -0.15) is 0 Å². The second-order valence-electron chi connectivity index (χ2n) is 12.0. The molecule has 0 aromatic carbocycles. The number of ether oxygens (including phenoxy) is 5. The first-order valence-electron chi connectivity index (χ1n) is 15.2. The van der Waals surface area contributed by atoms with E-state index in [2.05, 4.69) is 26.3 Å². The van der Waals surface area contributed by atoms with Crippen molar-refractivity contribution < 1.29 is 33.3 Å². The Kier molecular flexibility index (Phi) is 10.2. The predicted octanol–water partition coefficient (Wildman–Crippen LogP) is 5.18. The van der Waals surface area contributed by atoms with E-state index in [0.717, 1.165) is 47.9 Å². The number of carbonyl (C=O) groups excluding carboxylic acids is 2. The molecule has 0 radical (unpaired) electrons. The Hall–Kier alpha value is -4.58. The lowest BCUT2D eigenvalue weighted by Gasteiger charge is -2.26. The van der Waals surface area contributed by atoms with Gasteiger partial charge in [0.05, 0.1) is 24.7 Å². The summed E-state index contributed by atoms with van der Waals surface area (Å²) in [5.74, 6) is 1.41. The fraction of sp³-hybridized carbons (Fsp3) is 0.455. The Labute approximate surface area is 263 Å². The van der Waals surface area contributed by atoms with Gasteiger partial charge in [-0.1, -0.05) is 18.2 Å². The Morgan fingerprint density at radius 1 is 1.20 bits per heavy atom. The summed E-state index contributed by atoms with van der Waals surface area (Å²) >= 11 is 0. The van der Waals surface area contributed by atoms with Crippen LogP contribution in [0.25, 0.3) is 11.0 Å². The Bertz CT molecular complexity index is 1510. The van der Waals surface area contributed by atoms with E-state index in [9.17, 15) is 9.59 Å². The number of alkyl carbamates (subject to hydrolysis) is 1. The molecule has 0 saturated carbocycles. The third kappa shape index (κ3) is 8.75. The second-order valence-corrected chi connectivity index (χ2v) is 12.0. The second kappa shape index (κ2) is 14.5. The van der Waals surface area contributed by atoms with Crippen molar-refractivity contribution in [1.29, 1.82) is 0 Å². The van der Waals surface area contributed by atoms with Crippen molar-refractivity contribution in [2.75, 3.05) is 39.8 Å². The van der Waals surface area contributed by atoms with E-state index in [1.54, 1.807) is 25.6 Å². The van der Waals surface area contributed by atoms with E-state index in [-0.39, 0.29) is 0 Å². The molecule has 2 aromatic rings. The maximum atomic E-state index is 12.9. The van der Waals surface area contributed by atoms with E-state index in [4.69, 9.17) is 23.7 Å². The predicted molar refractivity (Wildman–Crippen MR) is 167 cm³/mol. The number of nitrogens with one attached hydrogen (secondary N) is 1. The summed E-state index contributed by atoms with van der Waals surface area (Å²) in [6, 6.07) is 5.67. The SMILES string of the molecule is COc1ccc2nccc(CCCN(CCNC(=O)OC(C)(C)C)C[C@@H]3CN(C4=COC=C(C5=CC=CCC5)O4)C(=O)O3)c2n1. The molecule has 1 N–H and O–H groups in total. The minimum atomic E-state index is -0.589. The van der Waals surface area contributed by atoms with Gasteiger partial charge in [-0.15, -0.1) is 0 Å². The summed E-state index contributed by atoms with van der Waals surface area (Å²) in [5.41, 5.74) is 3.10. The van der Waals surface area contributed by atoms with Crippen LogP contribution in [0.1, 0.15) is 45.6 Å². The smallest absolute Gasteiger partial charge is 0.417 e. The topological polar surface area (TPSA) is 125 Å². The highest BCUT2D eigenvalue weighted by molar-refractivity contribution is 5.78. The molecule has 1 saturated heterocycles. The number of rotatable bonds is 12. The number of hydrogen-bond donors (Lipinski definition) is 1. The van der Waals surface area contributed by atoms with E-state index in [1.165, 1.54) is 11.2 Å². The number of amides is 2. The molecule has 0 bridgehead atoms. The molecule has 12 nitrogen and oxygen atoms in total. The van der Waals surface area contributed by atoms with Crippen LogP contribution >= 0.6 is 0 Å². The number of carbonyl (C=O) groups is 2. The quantitative estimate of drug-likeness (QED) is 0.340. The summed E-state index contributed by atoms with van der Waals surface area (Å²) in [5, 5.41) is 2.83. The van der Waals surface area contributed by atoms with Gasteiger partial charge in [-0.3, -0.25) is 9.88 Å². The van der Waals surface area contributed by atoms with Crippen LogP contribution in [0.15, 0.2) is 72.4 Å². The highest BCUT2D eigenvalue weighted by atomic mass is 16.6. The van der Waals surface area contributed by atoms with Gasteiger partial charge in [-0.05, 0) is 76.3 Å². The maximum Gasteiger partial charge on any atom is 0.417 e. The first-order valence-corrected chi connectivity index (χ1v) is 15.2. The molecule has 5 rings (SSSR count). The van der Waals surface area contributed by atoms with Crippen LogP contribution in [0.5, 0.6) is 5.88 Å². The van der Waals surface area contributed by atoms with Crippen molar-refractivity contribution in [3.63, 3.8) is 0 Å². The molecule has 1 atom stereocenters. The monoisotopic (exact) mass is 619 g/mol. The molecule has 3 aliphatic rings. The highest BCUT2D eigenvalue weighted by Crippen LogP contribution is 2.29. The molecule has 1 fully saturated rings. The van der Waals surface area contributed by atoms with Crippen LogP contribution in [0.4, 0.5) is 9.59 Å². The van der Waals surface area contributed by atoms with Gasteiger partial charge < -0.3 is 29.0 Å². The Morgan fingerprint density at radius 3 is 2.84 bits per heavy atom. The molecule has 0 unspecified atom stereocenters. The fourth-order valence-electron chi connectivity index (χ4n) is 5.26. The number of pyridine rings is 2. The molecule has 240 valence electrons. The average molecular weight is 620 g/mol. The van der Waals surface area contributed by atoms with Crippen LogP contribution in [0.3, 0.4) is 0 Å². The number of hydrogen-bond acceptors (Lipinski definition) is 10. The number of aryl methyl sites for hydroxylation is 1. The van der Waals surface area contributed by atoms with Crippen LogP contribution in [-0.4, -0.2) is 83.5 Å². The molecule has 2 aliphatic heterocycles. The summed E-state index contributed by atoms with van der Waals surface area (Å²) in [7, 11) is 1.59.